The summed E-state index contributed by atoms with van der Waals surface area (Å²) in [5.41, 5.74) is 2.36. The molecule has 0 aliphatic carbocycles. The predicted molar refractivity (Wildman–Crippen MR) is 76.9 cm³/mol. The molecule has 3 heterocycles. The SMILES string of the molecule is C[C@@H]1CNc2c(oc3ccc4ncccc4c23)C(=O)N1. The number of nitrogens with one attached hydrogen (secondary N) is 2. The fourth-order valence-electron chi connectivity index (χ4n) is 2.67. The van der Waals surface area contributed by atoms with Gasteiger partial charge in [0.05, 0.1) is 16.6 Å². The van der Waals surface area contributed by atoms with E-state index in [1.807, 2.05) is 31.2 Å². The zero-order valence-electron chi connectivity index (χ0n) is 10.9. The van der Waals surface area contributed by atoms with Crippen molar-refractivity contribution >= 4 is 33.5 Å². The van der Waals surface area contributed by atoms with E-state index in [2.05, 4.69) is 15.6 Å². The molecule has 2 aromatic heterocycles. The zero-order chi connectivity index (χ0) is 13.7. The first-order chi connectivity index (χ1) is 9.74. The van der Waals surface area contributed by atoms with Gasteiger partial charge in [-0.05, 0) is 25.1 Å². The maximum Gasteiger partial charge on any atom is 0.289 e. The summed E-state index contributed by atoms with van der Waals surface area (Å²) in [6.45, 7) is 2.63. The Morgan fingerprint density at radius 1 is 1.35 bits per heavy atom. The molecule has 1 aromatic carbocycles. The van der Waals surface area contributed by atoms with E-state index in [1.165, 1.54) is 0 Å². The first kappa shape index (κ1) is 11.3. The molecule has 1 aliphatic heterocycles. The lowest BCUT2D eigenvalue weighted by atomic mass is 10.1. The Labute approximate surface area is 115 Å². The van der Waals surface area contributed by atoms with Crippen molar-refractivity contribution in [3.63, 3.8) is 0 Å². The van der Waals surface area contributed by atoms with E-state index in [0.29, 0.717) is 17.9 Å². The standard InChI is InChI=1S/C15H13N3O2/c1-8-7-17-13-12-9-3-2-6-16-10(9)4-5-11(12)20-14(13)15(19)18-8/h2-6,8,17H,7H2,1H3,(H,18,19)/t8-/m1/s1. The van der Waals surface area contributed by atoms with Gasteiger partial charge in [0.25, 0.3) is 5.91 Å². The summed E-state index contributed by atoms with van der Waals surface area (Å²) < 4.78 is 5.74. The molecular formula is C15H13N3O2. The summed E-state index contributed by atoms with van der Waals surface area (Å²) in [7, 11) is 0. The van der Waals surface area contributed by atoms with Gasteiger partial charge in [0, 0.05) is 24.2 Å². The smallest absolute Gasteiger partial charge is 0.289 e. The lowest BCUT2D eigenvalue weighted by molar-refractivity contribution is 0.0920. The molecule has 0 saturated heterocycles. The van der Waals surface area contributed by atoms with Crippen LogP contribution in [0.4, 0.5) is 5.69 Å². The molecule has 0 unspecified atom stereocenters. The number of fused-ring (bicyclic) bond motifs is 5. The van der Waals surface area contributed by atoms with Crippen molar-refractivity contribution in [1.29, 1.82) is 0 Å². The van der Waals surface area contributed by atoms with Crippen molar-refractivity contribution in [2.24, 2.45) is 0 Å². The molecule has 3 aromatic rings. The first-order valence-corrected chi connectivity index (χ1v) is 6.59. The van der Waals surface area contributed by atoms with Crippen LogP contribution in [0, 0.1) is 0 Å². The molecule has 5 nitrogen and oxygen atoms in total. The van der Waals surface area contributed by atoms with Crippen molar-refractivity contribution < 1.29 is 9.21 Å². The fraction of sp³-hybridized carbons (Fsp3) is 0.200. The lowest BCUT2D eigenvalue weighted by Gasteiger charge is -2.09. The van der Waals surface area contributed by atoms with Gasteiger partial charge in [0.1, 0.15) is 5.58 Å². The number of nitrogens with zero attached hydrogens (tertiary/aromatic N) is 1. The topological polar surface area (TPSA) is 67.2 Å². The van der Waals surface area contributed by atoms with Crippen molar-refractivity contribution in [3.05, 3.63) is 36.2 Å². The number of furan rings is 1. The second kappa shape index (κ2) is 3.96. The van der Waals surface area contributed by atoms with Gasteiger partial charge in [0.2, 0.25) is 5.76 Å². The maximum atomic E-state index is 12.2. The quantitative estimate of drug-likeness (QED) is 0.656. The highest BCUT2D eigenvalue weighted by Crippen LogP contribution is 2.36. The van der Waals surface area contributed by atoms with E-state index in [-0.39, 0.29) is 11.9 Å². The van der Waals surface area contributed by atoms with Crippen molar-refractivity contribution in [3.8, 4) is 0 Å². The van der Waals surface area contributed by atoms with Gasteiger partial charge in [-0.25, -0.2) is 0 Å². The second-order valence-corrected chi connectivity index (χ2v) is 5.07. The van der Waals surface area contributed by atoms with Gasteiger partial charge in [0.15, 0.2) is 0 Å². The van der Waals surface area contributed by atoms with Gasteiger partial charge >= 0.3 is 0 Å². The van der Waals surface area contributed by atoms with Crippen LogP contribution in [0.2, 0.25) is 0 Å². The van der Waals surface area contributed by atoms with Crippen molar-refractivity contribution in [1.82, 2.24) is 10.3 Å². The number of benzene rings is 1. The van der Waals surface area contributed by atoms with Crippen LogP contribution in [0.5, 0.6) is 0 Å². The summed E-state index contributed by atoms with van der Waals surface area (Å²) in [6, 6.07) is 7.71. The van der Waals surface area contributed by atoms with Gasteiger partial charge in [-0.2, -0.15) is 0 Å². The molecule has 20 heavy (non-hydrogen) atoms. The largest absolute Gasteiger partial charge is 0.449 e. The Morgan fingerprint density at radius 3 is 3.15 bits per heavy atom. The molecule has 0 spiro atoms. The monoisotopic (exact) mass is 267 g/mol. The molecule has 100 valence electrons. The second-order valence-electron chi connectivity index (χ2n) is 5.07. The van der Waals surface area contributed by atoms with Gasteiger partial charge in [-0.15, -0.1) is 0 Å². The average molecular weight is 267 g/mol. The third kappa shape index (κ3) is 1.49. The molecule has 4 rings (SSSR count). The Balaban J connectivity index is 2.09. The highest BCUT2D eigenvalue weighted by atomic mass is 16.3. The number of carbonyl (C=O) groups excluding carboxylic acids is 1. The third-order valence-electron chi connectivity index (χ3n) is 3.60. The van der Waals surface area contributed by atoms with E-state index >= 15 is 0 Å². The summed E-state index contributed by atoms with van der Waals surface area (Å²) in [6.07, 6.45) is 1.76. The Morgan fingerprint density at radius 2 is 2.25 bits per heavy atom. The molecule has 2 N–H and O–H groups in total. The van der Waals surface area contributed by atoms with Crippen LogP contribution in [0.25, 0.3) is 21.9 Å². The normalized spacial score (nSPS) is 18.4. The third-order valence-corrected chi connectivity index (χ3v) is 3.60. The molecule has 0 saturated carbocycles. The summed E-state index contributed by atoms with van der Waals surface area (Å²) in [5, 5.41) is 8.13. The van der Waals surface area contributed by atoms with Crippen LogP contribution < -0.4 is 10.6 Å². The fourth-order valence-corrected chi connectivity index (χ4v) is 2.67. The molecule has 1 amide bonds. The highest BCUT2D eigenvalue weighted by molar-refractivity contribution is 6.16. The summed E-state index contributed by atoms with van der Waals surface area (Å²) >= 11 is 0. The Hall–Kier alpha value is -2.56. The van der Waals surface area contributed by atoms with Crippen LogP contribution in [0.15, 0.2) is 34.9 Å². The average Bonchev–Trinajstić information content (AvgIpc) is 2.78. The number of aromatic nitrogens is 1. The van der Waals surface area contributed by atoms with E-state index in [1.54, 1.807) is 6.20 Å². The Bertz CT molecular complexity index is 838. The van der Waals surface area contributed by atoms with Crippen molar-refractivity contribution in [2.45, 2.75) is 13.0 Å². The molecule has 0 radical (unpaired) electrons. The lowest BCUT2D eigenvalue weighted by Crippen LogP contribution is -2.34. The van der Waals surface area contributed by atoms with Gasteiger partial charge in [-0.1, -0.05) is 6.07 Å². The molecule has 1 aliphatic rings. The van der Waals surface area contributed by atoms with E-state index < -0.39 is 0 Å². The minimum Gasteiger partial charge on any atom is -0.449 e. The van der Waals surface area contributed by atoms with Crippen LogP contribution >= 0.6 is 0 Å². The molecular weight excluding hydrogens is 254 g/mol. The number of amides is 1. The zero-order valence-corrected chi connectivity index (χ0v) is 10.9. The van der Waals surface area contributed by atoms with Crippen LogP contribution in [-0.4, -0.2) is 23.5 Å². The number of hydrogen-bond acceptors (Lipinski definition) is 4. The van der Waals surface area contributed by atoms with Crippen molar-refractivity contribution in [2.75, 3.05) is 11.9 Å². The first-order valence-electron chi connectivity index (χ1n) is 6.59. The van der Waals surface area contributed by atoms with E-state index in [9.17, 15) is 4.79 Å². The van der Waals surface area contributed by atoms with Crippen LogP contribution in [0.1, 0.15) is 17.5 Å². The van der Waals surface area contributed by atoms with Gasteiger partial charge in [-0.3, -0.25) is 9.78 Å². The minimum atomic E-state index is -0.175. The maximum absolute atomic E-state index is 12.2. The summed E-state index contributed by atoms with van der Waals surface area (Å²) in [5.74, 6) is 0.173. The number of pyridine rings is 1. The van der Waals surface area contributed by atoms with E-state index in [0.717, 1.165) is 22.0 Å². The van der Waals surface area contributed by atoms with Crippen LogP contribution in [0.3, 0.4) is 0 Å². The Kier molecular flexibility index (Phi) is 2.24. The molecule has 0 fully saturated rings. The molecule has 0 bridgehead atoms. The molecule has 1 atom stereocenters. The van der Waals surface area contributed by atoms with Gasteiger partial charge < -0.3 is 15.1 Å². The van der Waals surface area contributed by atoms with Crippen LogP contribution in [-0.2, 0) is 0 Å². The summed E-state index contributed by atoms with van der Waals surface area (Å²) in [4.78, 5) is 16.5. The number of hydrogen-bond donors (Lipinski definition) is 2. The number of rotatable bonds is 0. The van der Waals surface area contributed by atoms with E-state index in [4.69, 9.17) is 4.42 Å². The number of anilines is 1. The molecule has 5 heteroatoms. The highest BCUT2D eigenvalue weighted by Gasteiger charge is 2.26. The number of carbonyl (C=O) groups is 1. The predicted octanol–water partition coefficient (Wildman–Crippen LogP) is 2.52. The minimum absolute atomic E-state index is 0.0632.